The summed E-state index contributed by atoms with van der Waals surface area (Å²) in [5.74, 6) is -8.10. The lowest BCUT2D eigenvalue weighted by Crippen LogP contribution is -2.47. The molecule has 0 spiro atoms. The highest BCUT2D eigenvalue weighted by Gasteiger charge is 2.61. The lowest BCUT2D eigenvalue weighted by atomic mass is 9.95. The molecule has 2 saturated heterocycles. The molecule has 0 saturated carbocycles. The van der Waals surface area contributed by atoms with Gasteiger partial charge in [-0.3, -0.25) is 14.7 Å². The minimum atomic E-state index is -3.33. The number of ether oxygens (including phenoxy) is 1. The number of aromatic nitrogens is 1. The van der Waals surface area contributed by atoms with Gasteiger partial charge in [-0.05, 0) is 19.9 Å². The van der Waals surface area contributed by atoms with Crippen LogP contribution in [0.1, 0.15) is 36.9 Å². The van der Waals surface area contributed by atoms with Crippen molar-refractivity contribution >= 4 is 40.7 Å². The number of likely N-dealkylation sites (tertiary alicyclic amines) is 1. The average Bonchev–Trinajstić information content (AvgIpc) is 3.70. The van der Waals surface area contributed by atoms with Crippen molar-refractivity contribution in [2.75, 3.05) is 32.8 Å². The van der Waals surface area contributed by atoms with E-state index in [2.05, 4.69) is 15.3 Å². The fourth-order valence-corrected chi connectivity index (χ4v) is 6.27. The molecule has 5 rings (SSSR count). The molecule has 3 N–H and O–H groups in total. The number of halogens is 5. The molecule has 0 amide bonds. The van der Waals surface area contributed by atoms with E-state index in [0.29, 0.717) is 5.01 Å². The van der Waals surface area contributed by atoms with Crippen LogP contribution in [0.4, 0.5) is 17.6 Å². The molecule has 17 heteroatoms. The maximum absolute atomic E-state index is 15.5. The zero-order valence-electron chi connectivity index (χ0n) is 23.4. The number of carboxylic acids is 1. The molecule has 2 fully saturated rings. The van der Waals surface area contributed by atoms with Crippen molar-refractivity contribution in [1.29, 1.82) is 0 Å². The Morgan fingerprint density at radius 3 is 2.75 bits per heavy atom. The third kappa shape index (κ3) is 6.06. The number of esters is 1. The molecule has 238 valence electrons. The standard InChI is InChI=1S/C27H28ClF4N5O6S/c1-3-42-24(38)17-15(10-36-12-27(31,32)21-16(36)11-43-37(21)8-6-26(2,41)25(39)40)34-22(23-33-7-9-44-23)35-20(17)13-4-5-14(29)19(30)18(13)28/h4-5,7,9,16,20-21,41H,3,6,8,10-12H2,1-2H3,(H,34,35)(H,39,40)/t16-,20+,21+,26-/m1/s1. The number of thiazole rings is 1. The van der Waals surface area contributed by atoms with Crippen LogP contribution in [-0.2, 0) is 19.2 Å². The Labute approximate surface area is 257 Å². The number of hydrogen-bond donors (Lipinski definition) is 3. The number of rotatable bonds is 10. The second kappa shape index (κ2) is 12.3. The molecule has 1 aromatic carbocycles. The van der Waals surface area contributed by atoms with Gasteiger partial charge in [-0.15, -0.1) is 11.3 Å². The molecule has 4 heterocycles. The third-order valence-corrected chi connectivity index (χ3v) is 8.82. The number of nitrogens with one attached hydrogen (secondary N) is 1. The number of carbonyl (C=O) groups is 2. The van der Waals surface area contributed by atoms with Crippen molar-refractivity contribution in [2.45, 2.75) is 49.9 Å². The number of benzene rings is 1. The van der Waals surface area contributed by atoms with Gasteiger partial charge >= 0.3 is 11.9 Å². The molecule has 11 nitrogen and oxygen atoms in total. The summed E-state index contributed by atoms with van der Waals surface area (Å²) in [7, 11) is 0. The molecule has 0 radical (unpaired) electrons. The topological polar surface area (TPSA) is 137 Å². The molecule has 2 aromatic rings. The van der Waals surface area contributed by atoms with Gasteiger partial charge in [-0.25, -0.2) is 32.1 Å². The minimum absolute atomic E-state index is 0.0489. The van der Waals surface area contributed by atoms with Gasteiger partial charge in [0.25, 0.3) is 5.92 Å². The number of nitrogens with zero attached hydrogens (tertiary/aromatic N) is 4. The molecular formula is C27H28ClF4N5O6S. The summed E-state index contributed by atoms with van der Waals surface area (Å²) < 4.78 is 64.8. The summed E-state index contributed by atoms with van der Waals surface area (Å²) >= 11 is 7.39. The maximum atomic E-state index is 15.5. The lowest BCUT2D eigenvalue weighted by molar-refractivity contribution is -0.190. The lowest BCUT2D eigenvalue weighted by Gasteiger charge is -2.30. The monoisotopic (exact) mass is 661 g/mol. The van der Waals surface area contributed by atoms with Crippen LogP contribution in [0.5, 0.6) is 0 Å². The van der Waals surface area contributed by atoms with Crippen molar-refractivity contribution in [3.05, 3.63) is 62.2 Å². The number of aliphatic carboxylic acids is 1. The normalized spacial score (nSPS) is 24.9. The van der Waals surface area contributed by atoms with Gasteiger partial charge in [0.2, 0.25) is 0 Å². The number of fused-ring (bicyclic) bond motifs is 1. The predicted octanol–water partition coefficient (Wildman–Crippen LogP) is 3.14. The van der Waals surface area contributed by atoms with Gasteiger partial charge in [0.05, 0.1) is 36.4 Å². The fourth-order valence-electron chi connectivity index (χ4n) is 5.42. The predicted molar refractivity (Wildman–Crippen MR) is 149 cm³/mol. The quantitative estimate of drug-likeness (QED) is 0.198. The fraction of sp³-hybridized carbons (Fsp3) is 0.481. The Kier molecular flexibility index (Phi) is 9.04. The van der Waals surface area contributed by atoms with Crippen LogP contribution >= 0.6 is 22.9 Å². The maximum Gasteiger partial charge on any atom is 0.338 e. The summed E-state index contributed by atoms with van der Waals surface area (Å²) in [6.07, 6.45) is 1.14. The number of hydroxylamine groups is 2. The Morgan fingerprint density at radius 2 is 2.09 bits per heavy atom. The molecule has 0 aliphatic carbocycles. The van der Waals surface area contributed by atoms with Gasteiger partial charge < -0.3 is 20.3 Å². The zero-order chi connectivity index (χ0) is 32.0. The van der Waals surface area contributed by atoms with Gasteiger partial charge in [0.15, 0.2) is 28.1 Å². The third-order valence-electron chi connectivity index (χ3n) is 7.66. The Balaban J connectivity index is 1.52. The Morgan fingerprint density at radius 1 is 1.34 bits per heavy atom. The highest BCUT2D eigenvalue weighted by molar-refractivity contribution is 7.11. The smallest absolute Gasteiger partial charge is 0.338 e. The van der Waals surface area contributed by atoms with Gasteiger partial charge in [-0.2, -0.15) is 5.06 Å². The number of amidine groups is 1. The molecule has 3 aliphatic rings. The minimum Gasteiger partial charge on any atom is -0.479 e. The van der Waals surface area contributed by atoms with E-state index in [-0.39, 0.29) is 55.4 Å². The van der Waals surface area contributed by atoms with E-state index in [0.717, 1.165) is 18.1 Å². The average molecular weight is 662 g/mol. The van der Waals surface area contributed by atoms with Crippen molar-refractivity contribution in [1.82, 2.24) is 20.3 Å². The van der Waals surface area contributed by atoms with Crippen molar-refractivity contribution in [3.8, 4) is 0 Å². The van der Waals surface area contributed by atoms with Crippen LogP contribution in [0.2, 0.25) is 5.02 Å². The number of aliphatic imine (C=N–C) groups is 1. The van der Waals surface area contributed by atoms with Crippen molar-refractivity contribution in [3.63, 3.8) is 0 Å². The Hall–Kier alpha value is -3.15. The van der Waals surface area contributed by atoms with E-state index < -0.39 is 64.8 Å². The number of hydrogen-bond acceptors (Lipinski definition) is 11. The molecule has 3 aliphatic heterocycles. The van der Waals surface area contributed by atoms with Crippen molar-refractivity contribution < 1.29 is 46.9 Å². The molecule has 1 aromatic heterocycles. The highest BCUT2D eigenvalue weighted by atomic mass is 35.5. The number of alkyl halides is 2. The number of carbonyl (C=O) groups excluding carboxylic acids is 1. The first kappa shape index (κ1) is 32.2. The van der Waals surface area contributed by atoms with Crippen LogP contribution in [0, 0.1) is 11.6 Å². The van der Waals surface area contributed by atoms with E-state index in [1.54, 1.807) is 12.3 Å². The molecule has 44 heavy (non-hydrogen) atoms. The van der Waals surface area contributed by atoms with E-state index in [1.807, 2.05) is 0 Å². The summed E-state index contributed by atoms with van der Waals surface area (Å²) in [5, 5.41) is 24.7. The van der Waals surface area contributed by atoms with E-state index in [4.69, 9.17) is 21.2 Å². The second-order valence-electron chi connectivity index (χ2n) is 10.7. The first-order valence-corrected chi connectivity index (χ1v) is 14.8. The van der Waals surface area contributed by atoms with Crippen LogP contribution in [0.15, 0.2) is 40.0 Å². The highest BCUT2D eigenvalue weighted by Crippen LogP contribution is 2.42. The largest absolute Gasteiger partial charge is 0.479 e. The summed E-state index contributed by atoms with van der Waals surface area (Å²) in [6.45, 7) is 1.11. The first-order valence-electron chi connectivity index (χ1n) is 13.5. The van der Waals surface area contributed by atoms with Crippen molar-refractivity contribution in [2.24, 2.45) is 4.99 Å². The number of carboxylic acid groups (broad SMARTS) is 1. The second-order valence-corrected chi connectivity index (χ2v) is 11.9. The SMILES string of the molecule is CCOC(=O)C1=C(CN2CC(F)(F)[C@@H]3[C@H]2CON3CC[C@@](C)(O)C(=O)O)NC(c2nccs2)=N[C@H]1c1ccc(F)c(F)c1Cl. The zero-order valence-corrected chi connectivity index (χ0v) is 25.0. The number of aliphatic hydroxyl groups is 1. The van der Waals surface area contributed by atoms with Crippen LogP contribution in [0.25, 0.3) is 0 Å². The Bertz CT molecular complexity index is 1510. The molecular weight excluding hydrogens is 634 g/mol. The van der Waals surface area contributed by atoms with E-state index >= 15 is 8.78 Å². The van der Waals surface area contributed by atoms with Gasteiger partial charge in [-0.1, -0.05) is 17.7 Å². The van der Waals surface area contributed by atoms with Crippen LogP contribution in [-0.4, -0.2) is 99.4 Å². The summed E-state index contributed by atoms with van der Waals surface area (Å²) in [4.78, 5) is 40.4. The van der Waals surface area contributed by atoms with Gasteiger partial charge in [0.1, 0.15) is 12.1 Å². The van der Waals surface area contributed by atoms with E-state index in [9.17, 15) is 28.6 Å². The van der Waals surface area contributed by atoms with Crippen LogP contribution < -0.4 is 5.32 Å². The summed E-state index contributed by atoms with van der Waals surface area (Å²) in [5.41, 5.74) is -2.23. The molecule has 4 atom stereocenters. The van der Waals surface area contributed by atoms with Gasteiger partial charge in [0, 0.05) is 42.3 Å². The first-order chi connectivity index (χ1) is 20.7. The van der Waals surface area contributed by atoms with E-state index in [1.165, 1.54) is 28.5 Å². The molecule has 0 bridgehead atoms. The summed E-state index contributed by atoms with van der Waals surface area (Å²) in [6, 6.07) is -1.65. The van der Waals surface area contributed by atoms with Crippen LogP contribution in [0.3, 0.4) is 0 Å². The molecule has 0 unspecified atom stereocenters.